The number of nitrogens with one attached hydrogen (secondary N) is 2. The first-order chi connectivity index (χ1) is 20.3. The Balaban J connectivity index is 0.982. The first kappa shape index (κ1) is 26.4. The van der Waals surface area contributed by atoms with Crippen LogP contribution in [0.15, 0.2) is 42.7 Å². The quantitative estimate of drug-likeness (QED) is 0.397. The van der Waals surface area contributed by atoms with Gasteiger partial charge in [-0.2, -0.15) is 5.10 Å². The van der Waals surface area contributed by atoms with E-state index in [1.807, 2.05) is 25.2 Å². The van der Waals surface area contributed by atoms with Gasteiger partial charge in [-0.05, 0) is 68.4 Å². The molecule has 2 aliphatic carbocycles. The van der Waals surface area contributed by atoms with Gasteiger partial charge in [0.05, 0.1) is 40.4 Å². The zero-order valence-electron chi connectivity index (χ0n) is 23.7. The summed E-state index contributed by atoms with van der Waals surface area (Å²) in [5.41, 5.74) is 5.65. The van der Waals surface area contributed by atoms with Crippen LogP contribution in [0.5, 0.6) is 0 Å². The molecule has 1 aromatic carbocycles. The van der Waals surface area contributed by atoms with Gasteiger partial charge >= 0.3 is 0 Å². The molecule has 1 atom stereocenters. The summed E-state index contributed by atoms with van der Waals surface area (Å²) >= 11 is 0. The highest BCUT2D eigenvalue weighted by molar-refractivity contribution is 6.23. The molecule has 2 N–H and O–H groups in total. The smallest absolute Gasteiger partial charge is 0.262 e. The number of carbonyl (C=O) groups excluding carboxylic acids is 4. The minimum absolute atomic E-state index is 0.0987. The second kappa shape index (κ2) is 10.1. The number of amides is 4. The summed E-state index contributed by atoms with van der Waals surface area (Å²) in [4.78, 5) is 57.6. The molecule has 7 rings (SSSR count). The van der Waals surface area contributed by atoms with E-state index in [4.69, 9.17) is 10.1 Å². The number of rotatable bonds is 8. The van der Waals surface area contributed by atoms with Gasteiger partial charge in [-0.3, -0.25) is 39.1 Å². The van der Waals surface area contributed by atoms with Crippen molar-refractivity contribution in [2.24, 2.45) is 5.92 Å². The van der Waals surface area contributed by atoms with Crippen molar-refractivity contribution in [3.05, 3.63) is 59.5 Å². The maximum absolute atomic E-state index is 13.1. The lowest BCUT2D eigenvalue weighted by molar-refractivity contribution is -0.136. The summed E-state index contributed by atoms with van der Waals surface area (Å²) in [6, 6.07) is 8.67. The number of aromatic nitrogens is 3. The van der Waals surface area contributed by atoms with Crippen molar-refractivity contribution >= 4 is 35.0 Å². The molecule has 11 nitrogen and oxygen atoms in total. The number of anilines is 2. The van der Waals surface area contributed by atoms with E-state index in [9.17, 15) is 19.2 Å². The highest BCUT2D eigenvalue weighted by atomic mass is 16.2. The van der Waals surface area contributed by atoms with Gasteiger partial charge in [-0.1, -0.05) is 0 Å². The van der Waals surface area contributed by atoms with Crippen molar-refractivity contribution in [1.29, 1.82) is 0 Å². The number of imide groups is 2. The average molecular weight is 568 g/mol. The van der Waals surface area contributed by atoms with Crippen LogP contribution in [0.2, 0.25) is 0 Å². The van der Waals surface area contributed by atoms with Gasteiger partial charge in [0.1, 0.15) is 6.04 Å². The van der Waals surface area contributed by atoms with E-state index in [2.05, 4.69) is 33.6 Å². The molecule has 1 saturated heterocycles. The van der Waals surface area contributed by atoms with Crippen molar-refractivity contribution in [2.45, 2.75) is 56.5 Å². The minimum atomic E-state index is -0.963. The molecule has 4 amide bonds. The Bertz CT molecular complexity index is 1600. The molecule has 216 valence electrons. The van der Waals surface area contributed by atoms with Crippen molar-refractivity contribution in [3.8, 4) is 11.3 Å². The predicted molar refractivity (Wildman–Crippen MR) is 155 cm³/mol. The lowest BCUT2D eigenvalue weighted by Crippen LogP contribution is -2.54. The Hall–Kier alpha value is -4.54. The molecule has 2 aliphatic heterocycles. The molecule has 3 aromatic rings. The highest BCUT2D eigenvalue weighted by Gasteiger charge is 2.44. The number of hydrogen-bond acceptors (Lipinski definition) is 8. The van der Waals surface area contributed by atoms with Crippen molar-refractivity contribution in [1.82, 2.24) is 25.0 Å². The maximum Gasteiger partial charge on any atom is 0.262 e. The van der Waals surface area contributed by atoms with Crippen LogP contribution in [0.3, 0.4) is 0 Å². The Kier molecular flexibility index (Phi) is 6.32. The second-order valence-corrected chi connectivity index (χ2v) is 12.1. The van der Waals surface area contributed by atoms with Crippen LogP contribution in [-0.4, -0.2) is 70.0 Å². The fourth-order valence-electron chi connectivity index (χ4n) is 6.18. The molecule has 0 spiro atoms. The van der Waals surface area contributed by atoms with E-state index < -0.39 is 23.8 Å². The molecule has 3 fully saturated rings. The van der Waals surface area contributed by atoms with Crippen LogP contribution >= 0.6 is 0 Å². The third-order valence-electron chi connectivity index (χ3n) is 8.88. The van der Waals surface area contributed by atoms with E-state index in [0.29, 0.717) is 17.9 Å². The summed E-state index contributed by atoms with van der Waals surface area (Å²) in [5, 5.41) is 10.7. The molecule has 0 radical (unpaired) electrons. The molecule has 2 aromatic heterocycles. The van der Waals surface area contributed by atoms with Crippen LogP contribution < -0.4 is 15.5 Å². The minimum Gasteiger partial charge on any atom is -0.385 e. The van der Waals surface area contributed by atoms with Crippen LogP contribution in [0.25, 0.3) is 11.3 Å². The Morgan fingerprint density at radius 2 is 1.76 bits per heavy atom. The molecule has 11 heteroatoms. The topological polar surface area (TPSA) is 130 Å². The zero-order chi connectivity index (χ0) is 29.1. The Labute approximate surface area is 243 Å². The number of hydrogen-bond donors (Lipinski definition) is 2. The van der Waals surface area contributed by atoms with Gasteiger partial charge in [0.2, 0.25) is 11.8 Å². The summed E-state index contributed by atoms with van der Waals surface area (Å²) < 4.78 is 2.13. The number of benzene rings is 1. The van der Waals surface area contributed by atoms with Crippen molar-refractivity contribution in [2.75, 3.05) is 30.9 Å². The normalized spacial score (nSPS) is 23.5. The summed E-state index contributed by atoms with van der Waals surface area (Å²) in [5.74, 6) is -1.01. The number of carbonyl (C=O) groups is 4. The SMILES string of the molecule is CN(C)c1ccc(-c2cn(C3CC(CNc4ccc5c(c4)C(=O)N(C4CCC(=O)NC4=O)C5=O)C3)nc2C2CC2)nc1. The van der Waals surface area contributed by atoms with Crippen LogP contribution in [0.1, 0.15) is 76.9 Å². The van der Waals surface area contributed by atoms with E-state index >= 15 is 0 Å². The predicted octanol–water partition coefficient (Wildman–Crippen LogP) is 3.35. The van der Waals surface area contributed by atoms with Gasteiger partial charge in [0.15, 0.2) is 0 Å². The fourth-order valence-corrected chi connectivity index (χ4v) is 6.18. The van der Waals surface area contributed by atoms with Gasteiger partial charge in [0.25, 0.3) is 11.8 Å². The first-order valence-electron chi connectivity index (χ1n) is 14.6. The Morgan fingerprint density at radius 1 is 0.976 bits per heavy atom. The number of piperidine rings is 1. The number of nitrogens with zero attached hydrogens (tertiary/aromatic N) is 5. The monoisotopic (exact) mass is 567 g/mol. The standard InChI is InChI=1S/C31H33N7O4/c1-36(2)20-6-8-25(33-15-20)24-16-37(35-28(24)18-3-4-18)21-11-17(12-21)14-32-19-5-7-22-23(13-19)31(42)38(30(22)41)26-9-10-27(39)34-29(26)40/h5-8,13,15-18,21,26,32H,3-4,9-12,14H2,1-2H3,(H,34,39,40). The third kappa shape index (κ3) is 4.62. The first-order valence-corrected chi connectivity index (χ1v) is 14.6. The molecule has 0 bridgehead atoms. The van der Waals surface area contributed by atoms with E-state index in [0.717, 1.165) is 52.6 Å². The van der Waals surface area contributed by atoms with Gasteiger partial charge in [-0.25, -0.2) is 0 Å². The van der Waals surface area contributed by atoms with Crippen molar-refractivity contribution < 1.29 is 19.2 Å². The average Bonchev–Trinajstić information content (AvgIpc) is 3.66. The van der Waals surface area contributed by atoms with Crippen molar-refractivity contribution in [3.63, 3.8) is 0 Å². The van der Waals surface area contributed by atoms with Gasteiger partial charge < -0.3 is 10.2 Å². The largest absolute Gasteiger partial charge is 0.385 e. The van der Waals surface area contributed by atoms with Crippen LogP contribution in [0.4, 0.5) is 11.4 Å². The second-order valence-electron chi connectivity index (χ2n) is 12.1. The molecule has 42 heavy (non-hydrogen) atoms. The Morgan fingerprint density at radius 3 is 2.45 bits per heavy atom. The summed E-state index contributed by atoms with van der Waals surface area (Å²) in [6.45, 7) is 0.742. The molecular weight excluding hydrogens is 534 g/mol. The molecule has 1 unspecified atom stereocenters. The van der Waals surface area contributed by atoms with Gasteiger partial charge in [0, 0.05) is 50.4 Å². The lowest BCUT2D eigenvalue weighted by Gasteiger charge is -2.35. The molecular formula is C31H33N7O4. The van der Waals surface area contributed by atoms with E-state index in [1.54, 1.807) is 18.2 Å². The summed E-state index contributed by atoms with van der Waals surface area (Å²) in [6.07, 6.45) is 8.66. The van der Waals surface area contributed by atoms with Crippen LogP contribution in [-0.2, 0) is 9.59 Å². The van der Waals surface area contributed by atoms with Crippen LogP contribution in [0, 0.1) is 5.92 Å². The van der Waals surface area contributed by atoms with Gasteiger partial charge in [-0.15, -0.1) is 0 Å². The highest BCUT2D eigenvalue weighted by Crippen LogP contribution is 2.45. The number of pyridine rings is 1. The lowest BCUT2D eigenvalue weighted by atomic mass is 9.80. The van der Waals surface area contributed by atoms with E-state index in [-0.39, 0.29) is 29.9 Å². The third-order valence-corrected chi connectivity index (χ3v) is 8.88. The summed E-state index contributed by atoms with van der Waals surface area (Å²) in [7, 11) is 4.02. The molecule has 4 heterocycles. The fraction of sp³-hybridized carbons (Fsp3) is 0.419. The number of fused-ring (bicyclic) bond motifs is 1. The zero-order valence-corrected chi connectivity index (χ0v) is 23.7. The molecule has 4 aliphatic rings. The maximum atomic E-state index is 13.1. The molecule has 2 saturated carbocycles. The van der Waals surface area contributed by atoms with E-state index in [1.165, 1.54) is 12.8 Å².